The first-order valence-electron chi connectivity index (χ1n) is 4.91. The molecule has 0 aliphatic rings. The number of nitrogens with one attached hydrogen (secondary N) is 1. The smallest absolute Gasteiger partial charge is 0.277 e. The van der Waals surface area contributed by atoms with Crippen molar-refractivity contribution in [2.45, 2.75) is 38.5 Å². The molecule has 3 N–H and O–H groups in total. The Morgan fingerprint density at radius 1 is 1.40 bits per heavy atom. The average Bonchev–Trinajstić information content (AvgIpc) is 2.49. The first-order chi connectivity index (χ1) is 6.79. The summed E-state index contributed by atoms with van der Waals surface area (Å²) in [6, 6.07) is 0. The summed E-state index contributed by atoms with van der Waals surface area (Å²) in [5.74, 6) is -2.90. The molecule has 0 bridgehead atoms. The summed E-state index contributed by atoms with van der Waals surface area (Å²) in [5, 5.41) is 6.33. The Hall–Kier alpha value is -0.970. The van der Waals surface area contributed by atoms with Crippen molar-refractivity contribution in [2.24, 2.45) is 5.73 Å². The molecule has 15 heavy (non-hydrogen) atoms. The maximum absolute atomic E-state index is 13.6. The third-order valence-corrected chi connectivity index (χ3v) is 2.24. The normalized spacial score (nSPS) is 13.2. The van der Waals surface area contributed by atoms with Crippen LogP contribution in [-0.4, -0.2) is 16.7 Å². The monoisotopic (exact) mass is 217 g/mol. The molecular weight excluding hydrogens is 200 g/mol. The van der Waals surface area contributed by atoms with Crippen molar-refractivity contribution >= 4 is 0 Å². The highest BCUT2D eigenvalue weighted by molar-refractivity contribution is 5.27. The molecule has 1 rings (SSSR count). The van der Waals surface area contributed by atoms with Crippen LogP contribution in [0.25, 0.3) is 0 Å². The lowest BCUT2D eigenvalue weighted by molar-refractivity contribution is -0.0123. The molecule has 0 spiro atoms. The number of halogens is 2. The number of H-pyrrole nitrogens is 1. The van der Waals surface area contributed by atoms with Crippen molar-refractivity contribution in [3.8, 4) is 0 Å². The van der Waals surface area contributed by atoms with Crippen molar-refractivity contribution < 1.29 is 8.78 Å². The molecule has 0 saturated heterocycles. The van der Waals surface area contributed by atoms with Crippen LogP contribution in [0.3, 0.4) is 0 Å². The van der Waals surface area contributed by atoms with Crippen LogP contribution < -0.4 is 5.73 Å². The number of aromatic nitrogens is 2. The molecule has 5 heteroatoms. The predicted molar refractivity (Wildman–Crippen MR) is 54.9 cm³/mol. The molecular formula is C10H17F2N3. The van der Waals surface area contributed by atoms with Gasteiger partial charge in [-0.1, -0.05) is 20.8 Å². The van der Waals surface area contributed by atoms with E-state index in [9.17, 15) is 8.78 Å². The molecule has 0 fully saturated rings. The van der Waals surface area contributed by atoms with Gasteiger partial charge in [0.2, 0.25) is 0 Å². The highest BCUT2D eigenvalue weighted by Crippen LogP contribution is 2.36. The van der Waals surface area contributed by atoms with Crippen LogP contribution >= 0.6 is 0 Å². The summed E-state index contributed by atoms with van der Waals surface area (Å²) in [5.41, 5.74) is 5.23. The van der Waals surface area contributed by atoms with Gasteiger partial charge in [0.15, 0.2) is 0 Å². The van der Waals surface area contributed by atoms with Gasteiger partial charge in [-0.25, -0.2) is 8.78 Å². The molecule has 0 amide bonds. The van der Waals surface area contributed by atoms with E-state index in [-0.39, 0.29) is 23.9 Å². The van der Waals surface area contributed by atoms with E-state index in [1.54, 1.807) is 0 Å². The van der Waals surface area contributed by atoms with Gasteiger partial charge in [-0.15, -0.1) is 0 Å². The Labute approximate surface area is 88.1 Å². The highest BCUT2D eigenvalue weighted by Gasteiger charge is 2.37. The molecule has 1 aromatic heterocycles. The van der Waals surface area contributed by atoms with Gasteiger partial charge in [0, 0.05) is 17.5 Å². The molecule has 0 aliphatic carbocycles. The molecule has 0 aliphatic heterocycles. The SMILES string of the molecule is CC(C)(C)c1[nH]ncc1C(F)(F)CCN. The molecule has 0 atom stereocenters. The van der Waals surface area contributed by atoms with Crippen LogP contribution in [0, 0.1) is 0 Å². The average molecular weight is 217 g/mol. The minimum atomic E-state index is -2.90. The summed E-state index contributed by atoms with van der Waals surface area (Å²) in [6.07, 6.45) is 0.839. The van der Waals surface area contributed by atoms with Gasteiger partial charge >= 0.3 is 0 Å². The van der Waals surface area contributed by atoms with E-state index in [1.807, 2.05) is 20.8 Å². The predicted octanol–water partition coefficient (Wildman–Crippen LogP) is 2.15. The molecule has 0 saturated carbocycles. The van der Waals surface area contributed by atoms with Gasteiger partial charge in [-0.2, -0.15) is 5.10 Å². The Balaban J connectivity index is 3.10. The maximum Gasteiger partial charge on any atom is 0.277 e. The molecule has 0 radical (unpaired) electrons. The fourth-order valence-electron chi connectivity index (χ4n) is 1.45. The largest absolute Gasteiger partial charge is 0.330 e. The molecule has 1 aromatic rings. The lowest BCUT2D eigenvalue weighted by Crippen LogP contribution is -2.24. The zero-order valence-corrected chi connectivity index (χ0v) is 9.27. The molecule has 3 nitrogen and oxygen atoms in total. The first kappa shape index (κ1) is 12.1. The maximum atomic E-state index is 13.6. The Kier molecular flexibility index (Phi) is 3.13. The van der Waals surface area contributed by atoms with Crippen LogP contribution in [-0.2, 0) is 11.3 Å². The Bertz CT molecular complexity index is 326. The third-order valence-electron chi connectivity index (χ3n) is 2.24. The summed E-state index contributed by atoms with van der Waals surface area (Å²) in [4.78, 5) is 0. The van der Waals surface area contributed by atoms with E-state index in [2.05, 4.69) is 10.2 Å². The molecule has 86 valence electrons. The number of alkyl halides is 2. The van der Waals surface area contributed by atoms with E-state index in [1.165, 1.54) is 6.20 Å². The van der Waals surface area contributed by atoms with Gasteiger partial charge in [0.05, 0.1) is 11.8 Å². The van der Waals surface area contributed by atoms with Gasteiger partial charge in [0.25, 0.3) is 5.92 Å². The highest BCUT2D eigenvalue weighted by atomic mass is 19.3. The second-order valence-electron chi connectivity index (χ2n) is 4.65. The van der Waals surface area contributed by atoms with Gasteiger partial charge in [-0.3, -0.25) is 5.10 Å². The molecule has 0 unspecified atom stereocenters. The second-order valence-corrected chi connectivity index (χ2v) is 4.65. The second kappa shape index (κ2) is 3.89. The molecule has 1 heterocycles. The summed E-state index contributed by atoms with van der Waals surface area (Å²) < 4.78 is 27.3. The van der Waals surface area contributed by atoms with E-state index in [0.717, 1.165) is 0 Å². The van der Waals surface area contributed by atoms with Crippen molar-refractivity contribution in [1.29, 1.82) is 0 Å². The van der Waals surface area contributed by atoms with Gasteiger partial charge in [0.1, 0.15) is 0 Å². The summed E-state index contributed by atoms with van der Waals surface area (Å²) in [7, 11) is 0. The van der Waals surface area contributed by atoms with E-state index in [4.69, 9.17) is 5.73 Å². The minimum Gasteiger partial charge on any atom is -0.330 e. The van der Waals surface area contributed by atoms with Gasteiger partial charge in [-0.05, 0) is 6.54 Å². The van der Waals surface area contributed by atoms with Crippen LogP contribution in [0.4, 0.5) is 8.78 Å². The number of nitrogens with zero attached hydrogens (tertiary/aromatic N) is 1. The first-order valence-corrected chi connectivity index (χ1v) is 4.91. The minimum absolute atomic E-state index is 0.0399. The van der Waals surface area contributed by atoms with E-state index < -0.39 is 5.92 Å². The lowest BCUT2D eigenvalue weighted by atomic mass is 9.87. The van der Waals surface area contributed by atoms with E-state index >= 15 is 0 Å². The quantitative estimate of drug-likeness (QED) is 0.815. The fraction of sp³-hybridized carbons (Fsp3) is 0.700. The fourth-order valence-corrected chi connectivity index (χ4v) is 1.45. The Morgan fingerprint density at radius 2 is 2.00 bits per heavy atom. The number of hydrogen-bond donors (Lipinski definition) is 2. The van der Waals surface area contributed by atoms with Crippen molar-refractivity contribution in [3.05, 3.63) is 17.5 Å². The summed E-state index contributed by atoms with van der Waals surface area (Å²) in [6.45, 7) is 5.55. The lowest BCUT2D eigenvalue weighted by Gasteiger charge is -2.22. The standard InChI is InChI=1S/C10H17F2N3/c1-9(2,3)8-7(6-14-15-8)10(11,12)4-5-13/h6H,4-5,13H2,1-3H3,(H,14,15). The van der Waals surface area contributed by atoms with Crippen molar-refractivity contribution in [2.75, 3.05) is 6.54 Å². The molecule has 0 aromatic carbocycles. The zero-order chi connectivity index (χ0) is 11.7. The number of rotatable bonds is 3. The number of hydrogen-bond acceptors (Lipinski definition) is 2. The van der Waals surface area contributed by atoms with Gasteiger partial charge < -0.3 is 5.73 Å². The van der Waals surface area contributed by atoms with Crippen LogP contribution in [0.1, 0.15) is 38.4 Å². The zero-order valence-electron chi connectivity index (χ0n) is 9.27. The van der Waals surface area contributed by atoms with Crippen LogP contribution in [0.15, 0.2) is 6.20 Å². The summed E-state index contributed by atoms with van der Waals surface area (Å²) >= 11 is 0. The van der Waals surface area contributed by atoms with Crippen molar-refractivity contribution in [1.82, 2.24) is 10.2 Å². The topological polar surface area (TPSA) is 54.7 Å². The number of aromatic amines is 1. The van der Waals surface area contributed by atoms with Crippen LogP contribution in [0.2, 0.25) is 0 Å². The van der Waals surface area contributed by atoms with Crippen LogP contribution in [0.5, 0.6) is 0 Å². The third kappa shape index (κ3) is 2.53. The Morgan fingerprint density at radius 3 is 2.47 bits per heavy atom. The van der Waals surface area contributed by atoms with Crippen molar-refractivity contribution in [3.63, 3.8) is 0 Å². The van der Waals surface area contributed by atoms with E-state index in [0.29, 0.717) is 5.69 Å². The number of nitrogens with two attached hydrogens (primary N) is 1.